The van der Waals surface area contributed by atoms with E-state index in [4.69, 9.17) is 21.1 Å². The van der Waals surface area contributed by atoms with Crippen LogP contribution in [0.4, 0.5) is 4.79 Å². The van der Waals surface area contributed by atoms with E-state index in [9.17, 15) is 9.59 Å². The summed E-state index contributed by atoms with van der Waals surface area (Å²) >= 11 is 5.79. The van der Waals surface area contributed by atoms with Gasteiger partial charge in [-0.2, -0.15) is 0 Å². The van der Waals surface area contributed by atoms with Gasteiger partial charge in [0.2, 0.25) is 0 Å². The fourth-order valence-electron chi connectivity index (χ4n) is 1.44. The minimum Gasteiger partial charge on any atom is -0.462 e. The van der Waals surface area contributed by atoms with Gasteiger partial charge >= 0.3 is 12.1 Å². The standard InChI is InChI=1S/C15H20ClNO4/c1-15(2,3)21-14(19)17-8-5-9-20-13(18)11-6-4-7-12(16)10-11/h4,6-7,10H,5,8-9H2,1-3H3,(H,17,19). The van der Waals surface area contributed by atoms with Crippen molar-refractivity contribution in [1.29, 1.82) is 0 Å². The first-order chi connectivity index (χ1) is 9.78. The molecule has 0 bridgehead atoms. The second-order valence-corrected chi connectivity index (χ2v) is 5.86. The largest absolute Gasteiger partial charge is 0.462 e. The molecule has 0 saturated carbocycles. The van der Waals surface area contributed by atoms with Gasteiger partial charge in [-0.15, -0.1) is 0 Å². The molecule has 0 radical (unpaired) electrons. The molecule has 5 nitrogen and oxygen atoms in total. The molecule has 1 aromatic carbocycles. The van der Waals surface area contributed by atoms with Gasteiger partial charge in [-0.3, -0.25) is 0 Å². The number of hydrogen-bond acceptors (Lipinski definition) is 4. The van der Waals surface area contributed by atoms with Gasteiger partial charge in [-0.05, 0) is 45.4 Å². The van der Waals surface area contributed by atoms with Crippen molar-refractivity contribution >= 4 is 23.7 Å². The highest BCUT2D eigenvalue weighted by Crippen LogP contribution is 2.11. The van der Waals surface area contributed by atoms with E-state index >= 15 is 0 Å². The van der Waals surface area contributed by atoms with Gasteiger partial charge in [0, 0.05) is 11.6 Å². The quantitative estimate of drug-likeness (QED) is 0.668. The van der Waals surface area contributed by atoms with Crippen LogP contribution in [0.1, 0.15) is 37.6 Å². The van der Waals surface area contributed by atoms with Crippen LogP contribution < -0.4 is 5.32 Å². The second kappa shape index (κ2) is 7.88. The first-order valence-corrected chi connectivity index (χ1v) is 7.05. The fourth-order valence-corrected chi connectivity index (χ4v) is 1.63. The molecule has 0 spiro atoms. The SMILES string of the molecule is CC(C)(C)OC(=O)NCCCOC(=O)c1cccc(Cl)c1. The van der Waals surface area contributed by atoms with E-state index in [1.807, 2.05) is 0 Å². The predicted octanol–water partition coefficient (Wildman–Crippen LogP) is 3.41. The number of carbonyl (C=O) groups excluding carboxylic acids is 2. The molecule has 0 unspecified atom stereocenters. The van der Waals surface area contributed by atoms with Crippen molar-refractivity contribution in [3.8, 4) is 0 Å². The number of amides is 1. The van der Waals surface area contributed by atoms with Gasteiger partial charge in [-0.1, -0.05) is 17.7 Å². The average molecular weight is 314 g/mol. The topological polar surface area (TPSA) is 64.6 Å². The molecular weight excluding hydrogens is 294 g/mol. The molecule has 0 heterocycles. The van der Waals surface area contributed by atoms with Crippen molar-refractivity contribution in [3.05, 3.63) is 34.9 Å². The maximum Gasteiger partial charge on any atom is 0.407 e. The molecule has 1 aromatic rings. The summed E-state index contributed by atoms with van der Waals surface area (Å²) in [6, 6.07) is 6.54. The lowest BCUT2D eigenvalue weighted by Crippen LogP contribution is -2.33. The molecule has 21 heavy (non-hydrogen) atoms. The summed E-state index contributed by atoms with van der Waals surface area (Å²) in [6.45, 7) is 5.96. The van der Waals surface area contributed by atoms with Crippen LogP contribution in [0, 0.1) is 0 Å². The zero-order valence-electron chi connectivity index (χ0n) is 12.4. The van der Waals surface area contributed by atoms with E-state index in [0.717, 1.165) is 0 Å². The number of halogens is 1. The van der Waals surface area contributed by atoms with Crippen LogP contribution >= 0.6 is 11.6 Å². The summed E-state index contributed by atoms with van der Waals surface area (Å²) in [5.41, 5.74) is -0.119. The number of hydrogen-bond donors (Lipinski definition) is 1. The molecule has 1 amide bonds. The zero-order valence-corrected chi connectivity index (χ0v) is 13.2. The van der Waals surface area contributed by atoms with Crippen molar-refractivity contribution in [3.63, 3.8) is 0 Å². The van der Waals surface area contributed by atoms with Crippen LogP contribution in [0.15, 0.2) is 24.3 Å². The van der Waals surface area contributed by atoms with Crippen molar-refractivity contribution in [2.45, 2.75) is 32.8 Å². The maximum absolute atomic E-state index is 11.7. The van der Waals surface area contributed by atoms with E-state index in [1.165, 1.54) is 0 Å². The van der Waals surface area contributed by atoms with Crippen LogP contribution in [0.25, 0.3) is 0 Å². The summed E-state index contributed by atoms with van der Waals surface area (Å²) in [4.78, 5) is 23.0. The highest BCUT2D eigenvalue weighted by atomic mass is 35.5. The predicted molar refractivity (Wildman–Crippen MR) is 80.6 cm³/mol. The van der Waals surface area contributed by atoms with Crippen LogP contribution in [0.3, 0.4) is 0 Å². The molecule has 0 aromatic heterocycles. The molecule has 0 saturated heterocycles. The molecule has 1 rings (SSSR count). The third-order valence-electron chi connectivity index (χ3n) is 2.28. The van der Waals surface area contributed by atoms with Crippen molar-refractivity contribution in [1.82, 2.24) is 5.32 Å². The lowest BCUT2D eigenvalue weighted by molar-refractivity contribution is 0.0483. The molecule has 0 atom stereocenters. The van der Waals surface area contributed by atoms with E-state index in [1.54, 1.807) is 45.0 Å². The van der Waals surface area contributed by atoms with Crippen molar-refractivity contribution in [2.24, 2.45) is 0 Å². The summed E-state index contributed by atoms with van der Waals surface area (Å²) in [7, 11) is 0. The molecule has 0 aliphatic rings. The van der Waals surface area contributed by atoms with Gasteiger partial charge in [0.1, 0.15) is 5.60 Å². The average Bonchev–Trinajstić information content (AvgIpc) is 2.36. The third kappa shape index (κ3) is 7.56. The molecular formula is C15H20ClNO4. The number of nitrogens with one attached hydrogen (secondary N) is 1. The minimum absolute atomic E-state index is 0.209. The van der Waals surface area contributed by atoms with Gasteiger partial charge in [0.15, 0.2) is 0 Å². The smallest absolute Gasteiger partial charge is 0.407 e. The Kier molecular flexibility index (Phi) is 6.49. The van der Waals surface area contributed by atoms with Crippen LogP contribution in [0.5, 0.6) is 0 Å². The summed E-state index contributed by atoms with van der Waals surface area (Å²) in [5, 5.41) is 3.07. The summed E-state index contributed by atoms with van der Waals surface area (Å²) in [5.74, 6) is -0.435. The molecule has 0 fully saturated rings. The third-order valence-corrected chi connectivity index (χ3v) is 2.52. The van der Waals surface area contributed by atoms with Crippen LogP contribution in [0.2, 0.25) is 5.02 Å². The van der Waals surface area contributed by atoms with Gasteiger partial charge in [0.25, 0.3) is 0 Å². The van der Waals surface area contributed by atoms with Gasteiger partial charge < -0.3 is 14.8 Å². The molecule has 116 valence electrons. The molecule has 1 N–H and O–H groups in total. The normalized spacial score (nSPS) is 10.9. The molecule has 6 heteroatoms. The minimum atomic E-state index is -0.525. The van der Waals surface area contributed by atoms with E-state index in [0.29, 0.717) is 23.6 Å². The van der Waals surface area contributed by atoms with E-state index in [-0.39, 0.29) is 6.61 Å². The van der Waals surface area contributed by atoms with E-state index < -0.39 is 17.7 Å². The maximum atomic E-state index is 11.7. The number of esters is 1. The Morgan fingerprint density at radius 2 is 2.00 bits per heavy atom. The monoisotopic (exact) mass is 313 g/mol. The number of rotatable bonds is 5. The Morgan fingerprint density at radius 3 is 2.62 bits per heavy atom. The second-order valence-electron chi connectivity index (χ2n) is 5.43. The van der Waals surface area contributed by atoms with E-state index in [2.05, 4.69) is 5.32 Å². The lowest BCUT2D eigenvalue weighted by atomic mass is 10.2. The van der Waals surface area contributed by atoms with Gasteiger partial charge in [0.05, 0.1) is 12.2 Å². The Morgan fingerprint density at radius 1 is 1.29 bits per heavy atom. The number of benzene rings is 1. The summed E-state index contributed by atoms with van der Waals surface area (Å²) < 4.78 is 10.2. The van der Waals surface area contributed by atoms with Crippen LogP contribution in [-0.2, 0) is 9.47 Å². The van der Waals surface area contributed by atoms with Gasteiger partial charge in [-0.25, -0.2) is 9.59 Å². The Hall–Kier alpha value is -1.75. The Balaban J connectivity index is 2.20. The fraction of sp³-hybridized carbons (Fsp3) is 0.467. The first kappa shape index (κ1) is 17.3. The van der Waals surface area contributed by atoms with Crippen molar-refractivity contribution < 1.29 is 19.1 Å². The Bertz CT molecular complexity index is 497. The number of carbonyl (C=O) groups is 2. The Labute approximate surface area is 129 Å². The van der Waals surface area contributed by atoms with Crippen LogP contribution in [-0.4, -0.2) is 30.8 Å². The zero-order chi connectivity index (χ0) is 15.9. The highest BCUT2D eigenvalue weighted by Gasteiger charge is 2.15. The van der Waals surface area contributed by atoms with Crippen molar-refractivity contribution in [2.75, 3.05) is 13.2 Å². The summed E-state index contributed by atoms with van der Waals surface area (Å²) in [6.07, 6.45) is 0.0228. The number of alkyl carbamates (subject to hydrolysis) is 1. The molecule has 0 aliphatic heterocycles. The molecule has 0 aliphatic carbocycles. The number of ether oxygens (including phenoxy) is 2. The highest BCUT2D eigenvalue weighted by molar-refractivity contribution is 6.30. The lowest BCUT2D eigenvalue weighted by Gasteiger charge is -2.19. The first-order valence-electron chi connectivity index (χ1n) is 6.67.